The maximum atomic E-state index is 5.23. The third kappa shape index (κ3) is 3.11. The zero-order valence-electron chi connectivity index (χ0n) is 13.1. The molecule has 3 saturated carbocycles. The quantitative estimate of drug-likeness (QED) is 0.818. The molecule has 1 aromatic carbocycles. The summed E-state index contributed by atoms with van der Waals surface area (Å²) in [5.74, 6) is 4.87. The van der Waals surface area contributed by atoms with E-state index in [2.05, 4.69) is 29.6 Å². The summed E-state index contributed by atoms with van der Waals surface area (Å²) in [6.45, 7) is 1.29. The summed E-state index contributed by atoms with van der Waals surface area (Å²) in [6.07, 6.45) is 8.64. The van der Waals surface area contributed by atoms with E-state index in [0.717, 1.165) is 35.5 Å². The molecule has 2 nitrogen and oxygen atoms in total. The fourth-order valence-electron chi connectivity index (χ4n) is 4.00. The second-order valence-electron chi connectivity index (χ2n) is 7.39. The molecule has 1 aromatic rings. The maximum Gasteiger partial charge on any atom is 0.118 e. The van der Waals surface area contributed by atoms with Gasteiger partial charge in [0.05, 0.1) is 7.11 Å². The van der Waals surface area contributed by atoms with Crippen molar-refractivity contribution in [3.05, 3.63) is 29.8 Å². The van der Waals surface area contributed by atoms with Crippen LogP contribution >= 0.6 is 0 Å². The molecule has 2 heteroatoms. The highest BCUT2D eigenvalue weighted by atomic mass is 16.5. The summed E-state index contributed by atoms with van der Waals surface area (Å²) >= 11 is 0. The standard InChI is InChI=1S/C19H27NO/c1-21-18-8-6-13(7-9-18)16-10-17(11-16)20-12-19(14-2-3-14)15-4-5-15/h6-9,14-17,19-20H,2-5,10-12H2,1H3. The van der Waals surface area contributed by atoms with Gasteiger partial charge < -0.3 is 10.1 Å². The van der Waals surface area contributed by atoms with Gasteiger partial charge in [-0.25, -0.2) is 0 Å². The lowest BCUT2D eigenvalue weighted by molar-refractivity contribution is 0.259. The van der Waals surface area contributed by atoms with Gasteiger partial charge in [0.2, 0.25) is 0 Å². The zero-order valence-corrected chi connectivity index (χ0v) is 13.1. The first kappa shape index (κ1) is 13.6. The summed E-state index contributed by atoms with van der Waals surface area (Å²) in [4.78, 5) is 0. The van der Waals surface area contributed by atoms with Crippen LogP contribution < -0.4 is 10.1 Å². The molecular formula is C19H27NO. The van der Waals surface area contributed by atoms with Gasteiger partial charge in [0.25, 0.3) is 0 Å². The van der Waals surface area contributed by atoms with Crippen LogP contribution in [0.3, 0.4) is 0 Å². The Hall–Kier alpha value is -1.02. The van der Waals surface area contributed by atoms with Crippen LogP contribution in [0.5, 0.6) is 5.75 Å². The topological polar surface area (TPSA) is 21.3 Å². The van der Waals surface area contributed by atoms with Crippen molar-refractivity contribution in [3.63, 3.8) is 0 Å². The van der Waals surface area contributed by atoms with Crippen molar-refractivity contribution in [1.82, 2.24) is 5.32 Å². The van der Waals surface area contributed by atoms with Crippen molar-refractivity contribution < 1.29 is 4.74 Å². The van der Waals surface area contributed by atoms with Gasteiger partial charge in [-0.1, -0.05) is 12.1 Å². The smallest absolute Gasteiger partial charge is 0.118 e. The molecule has 0 bridgehead atoms. The molecule has 4 rings (SSSR count). The molecule has 0 saturated heterocycles. The van der Waals surface area contributed by atoms with E-state index < -0.39 is 0 Å². The van der Waals surface area contributed by atoms with Crippen molar-refractivity contribution >= 4 is 0 Å². The molecule has 0 atom stereocenters. The van der Waals surface area contributed by atoms with Gasteiger partial charge in [-0.2, -0.15) is 0 Å². The predicted molar refractivity (Wildman–Crippen MR) is 85.7 cm³/mol. The molecule has 0 amide bonds. The maximum absolute atomic E-state index is 5.23. The molecule has 114 valence electrons. The van der Waals surface area contributed by atoms with E-state index >= 15 is 0 Å². The van der Waals surface area contributed by atoms with Crippen LogP contribution in [-0.4, -0.2) is 19.7 Å². The highest BCUT2D eigenvalue weighted by Gasteiger charge is 2.41. The number of methoxy groups -OCH3 is 1. The van der Waals surface area contributed by atoms with Crippen LogP contribution in [-0.2, 0) is 0 Å². The third-order valence-corrected chi connectivity index (χ3v) is 5.82. The fourth-order valence-corrected chi connectivity index (χ4v) is 4.00. The van der Waals surface area contributed by atoms with E-state index in [4.69, 9.17) is 4.74 Å². The van der Waals surface area contributed by atoms with Gasteiger partial charge in [-0.15, -0.1) is 0 Å². The SMILES string of the molecule is COc1ccc(C2CC(NCC(C3CC3)C3CC3)C2)cc1. The van der Waals surface area contributed by atoms with Crippen LogP contribution in [0.25, 0.3) is 0 Å². The second-order valence-corrected chi connectivity index (χ2v) is 7.39. The molecule has 3 aliphatic rings. The Morgan fingerprint density at radius 1 is 1.05 bits per heavy atom. The molecule has 0 aromatic heterocycles. The number of hydrogen-bond donors (Lipinski definition) is 1. The van der Waals surface area contributed by atoms with Gasteiger partial charge >= 0.3 is 0 Å². The van der Waals surface area contributed by atoms with E-state index in [-0.39, 0.29) is 0 Å². The van der Waals surface area contributed by atoms with Crippen molar-refractivity contribution in [2.75, 3.05) is 13.7 Å². The Kier molecular flexibility index (Phi) is 3.66. The molecule has 0 spiro atoms. The summed E-state index contributed by atoms with van der Waals surface area (Å²) < 4.78 is 5.23. The van der Waals surface area contributed by atoms with Crippen LogP contribution in [0.1, 0.15) is 50.0 Å². The average Bonchev–Trinajstić information content (AvgIpc) is 3.35. The van der Waals surface area contributed by atoms with E-state index in [1.807, 2.05) is 0 Å². The number of ether oxygens (including phenoxy) is 1. The lowest BCUT2D eigenvalue weighted by Gasteiger charge is -2.37. The molecule has 3 fully saturated rings. The van der Waals surface area contributed by atoms with Gasteiger partial charge in [-0.05, 0) is 86.4 Å². The van der Waals surface area contributed by atoms with Crippen molar-refractivity contribution in [1.29, 1.82) is 0 Å². The molecule has 0 aliphatic heterocycles. The Labute approximate surface area is 128 Å². The molecule has 1 N–H and O–H groups in total. The lowest BCUT2D eigenvalue weighted by Crippen LogP contribution is -2.42. The number of hydrogen-bond acceptors (Lipinski definition) is 2. The van der Waals surface area contributed by atoms with E-state index in [1.54, 1.807) is 7.11 Å². The van der Waals surface area contributed by atoms with Crippen LogP contribution in [0.4, 0.5) is 0 Å². The van der Waals surface area contributed by atoms with Crippen LogP contribution in [0, 0.1) is 17.8 Å². The van der Waals surface area contributed by atoms with Crippen LogP contribution in [0.15, 0.2) is 24.3 Å². The Morgan fingerprint density at radius 2 is 1.67 bits per heavy atom. The minimum atomic E-state index is 0.758. The van der Waals surface area contributed by atoms with Gasteiger partial charge in [0.1, 0.15) is 5.75 Å². The number of rotatable bonds is 7. The summed E-state index contributed by atoms with van der Waals surface area (Å²) in [6, 6.07) is 9.41. The molecule has 0 heterocycles. The normalized spacial score (nSPS) is 28.5. The van der Waals surface area contributed by atoms with E-state index in [0.29, 0.717) is 0 Å². The van der Waals surface area contributed by atoms with Crippen LogP contribution in [0.2, 0.25) is 0 Å². The van der Waals surface area contributed by atoms with Crippen molar-refractivity contribution in [2.45, 2.75) is 50.5 Å². The Morgan fingerprint density at radius 3 is 2.19 bits per heavy atom. The molecule has 0 radical (unpaired) electrons. The first-order valence-electron chi connectivity index (χ1n) is 8.71. The Balaban J connectivity index is 1.23. The summed E-state index contributed by atoms with van der Waals surface area (Å²) in [5.41, 5.74) is 1.48. The molecular weight excluding hydrogens is 258 g/mol. The van der Waals surface area contributed by atoms with Gasteiger partial charge in [0, 0.05) is 6.04 Å². The molecule has 0 unspecified atom stereocenters. The van der Waals surface area contributed by atoms with E-state index in [9.17, 15) is 0 Å². The van der Waals surface area contributed by atoms with Gasteiger partial charge in [0.15, 0.2) is 0 Å². The first-order chi connectivity index (χ1) is 10.3. The summed E-state index contributed by atoms with van der Waals surface area (Å²) in [5, 5.41) is 3.86. The average molecular weight is 285 g/mol. The van der Waals surface area contributed by atoms with Crippen molar-refractivity contribution in [3.8, 4) is 5.75 Å². The van der Waals surface area contributed by atoms with Gasteiger partial charge in [-0.3, -0.25) is 0 Å². The monoisotopic (exact) mass is 285 g/mol. The molecule has 3 aliphatic carbocycles. The zero-order chi connectivity index (χ0) is 14.2. The summed E-state index contributed by atoms with van der Waals surface area (Å²) in [7, 11) is 1.73. The van der Waals surface area contributed by atoms with Crippen molar-refractivity contribution in [2.24, 2.45) is 17.8 Å². The highest BCUT2D eigenvalue weighted by Crippen LogP contribution is 2.49. The fraction of sp³-hybridized carbons (Fsp3) is 0.684. The van der Waals surface area contributed by atoms with E-state index in [1.165, 1.54) is 50.6 Å². The number of nitrogens with one attached hydrogen (secondary N) is 1. The lowest BCUT2D eigenvalue weighted by atomic mass is 9.75. The second kappa shape index (κ2) is 5.64. The number of benzene rings is 1. The molecule has 21 heavy (non-hydrogen) atoms. The first-order valence-corrected chi connectivity index (χ1v) is 8.71. The predicted octanol–water partition coefficient (Wildman–Crippen LogP) is 3.97. The third-order valence-electron chi connectivity index (χ3n) is 5.82. The highest BCUT2D eigenvalue weighted by molar-refractivity contribution is 5.30. The minimum absolute atomic E-state index is 0.758. The Bertz CT molecular complexity index is 457. The largest absolute Gasteiger partial charge is 0.497 e. The minimum Gasteiger partial charge on any atom is -0.497 e.